The van der Waals surface area contributed by atoms with E-state index in [0.29, 0.717) is 17.1 Å². The molecule has 0 fully saturated rings. The van der Waals surface area contributed by atoms with Crippen LogP contribution >= 0.6 is 34.8 Å². The molecule has 1 N–H and O–H groups in total. The molecule has 39 heavy (non-hydrogen) atoms. The Balaban J connectivity index is 2.06. The summed E-state index contributed by atoms with van der Waals surface area (Å²) in [6, 6.07) is 16.8. The van der Waals surface area contributed by atoms with Gasteiger partial charge in [-0.1, -0.05) is 77.6 Å². The van der Waals surface area contributed by atoms with E-state index in [0.717, 1.165) is 16.3 Å². The predicted molar refractivity (Wildman–Crippen MR) is 157 cm³/mol. The van der Waals surface area contributed by atoms with Crippen molar-refractivity contribution in [2.24, 2.45) is 0 Å². The van der Waals surface area contributed by atoms with E-state index in [4.69, 9.17) is 34.8 Å². The number of amides is 2. The first-order chi connectivity index (χ1) is 18.4. The van der Waals surface area contributed by atoms with E-state index in [-0.39, 0.29) is 33.1 Å². The summed E-state index contributed by atoms with van der Waals surface area (Å²) in [6.45, 7) is 5.20. The molecule has 0 bridgehead atoms. The van der Waals surface area contributed by atoms with Crippen LogP contribution in [-0.4, -0.2) is 44.3 Å². The first-order valence-corrected chi connectivity index (χ1v) is 14.9. The van der Waals surface area contributed by atoms with Crippen molar-refractivity contribution in [1.82, 2.24) is 10.2 Å². The fourth-order valence-electron chi connectivity index (χ4n) is 3.85. The molecule has 0 spiro atoms. The van der Waals surface area contributed by atoms with Crippen LogP contribution in [0.25, 0.3) is 0 Å². The van der Waals surface area contributed by atoms with Crippen LogP contribution in [0, 0.1) is 6.92 Å². The zero-order valence-electron chi connectivity index (χ0n) is 21.8. The SMILES string of the molecule is CCCNC(=O)[C@H](C)N(Cc1cccc(Cl)c1)C(=O)CN(c1cccc(Cl)c1Cl)S(=O)(=O)c1ccc(C)cc1. The first-order valence-electron chi connectivity index (χ1n) is 12.3. The monoisotopic (exact) mass is 609 g/mol. The van der Waals surface area contributed by atoms with Crippen LogP contribution in [-0.2, 0) is 26.2 Å². The Morgan fingerprint density at radius 1 is 0.974 bits per heavy atom. The average molecular weight is 611 g/mol. The van der Waals surface area contributed by atoms with Crippen LogP contribution in [0.1, 0.15) is 31.4 Å². The van der Waals surface area contributed by atoms with Gasteiger partial charge in [0.15, 0.2) is 0 Å². The van der Waals surface area contributed by atoms with Crippen LogP contribution in [0.2, 0.25) is 15.1 Å². The molecule has 208 valence electrons. The maximum absolute atomic E-state index is 13.9. The number of carbonyl (C=O) groups is 2. The van der Waals surface area contributed by atoms with Crippen LogP contribution in [0.5, 0.6) is 0 Å². The third-order valence-electron chi connectivity index (χ3n) is 6.05. The van der Waals surface area contributed by atoms with Crippen molar-refractivity contribution in [3.05, 3.63) is 92.9 Å². The third kappa shape index (κ3) is 7.66. The quantitative estimate of drug-likeness (QED) is 0.285. The minimum Gasteiger partial charge on any atom is -0.354 e. The van der Waals surface area contributed by atoms with Gasteiger partial charge in [-0.3, -0.25) is 13.9 Å². The number of rotatable bonds is 11. The lowest BCUT2D eigenvalue weighted by Gasteiger charge is -2.32. The first kappa shape index (κ1) is 30.8. The fraction of sp³-hybridized carbons (Fsp3) is 0.286. The number of halogens is 3. The lowest BCUT2D eigenvalue weighted by atomic mass is 10.1. The maximum atomic E-state index is 13.9. The molecule has 7 nitrogen and oxygen atoms in total. The van der Waals surface area contributed by atoms with Gasteiger partial charge in [0, 0.05) is 18.1 Å². The molecule has 3 rings (SSSR count). The Hall–Kier alpha value is -2.78. The average Bonchev–Trinajstić information content (AvgIpc) is 2.90. The van der Waals surface area contributed by atoms with E-state index in [1.54, 1.807) is 49.4 Å². The van der Waals surface area contributed by atoms with Crippen LogP contribution in [0.4, 0.5) is 5.69 Å². The van der Waals surface area contributed by atoms with Gasteiger partial charge in [-0.15, -0.1) is 0 Å². The number of anilines is 1. The summed E-state index contributed by atoms with van der Waals surface area (Å²) in [6.07, 6.45) is 0.719. The van der Waals surface area contributed by atoms with Gasteiger partial charge in [0.05, 0.1) is 20.6 Å². The summed E-state index contributed by atoms with van der Waals surface area (Å²) in [5, 5.41) is 3.39. The van der Waals surface area contributed by atoms with Gasteiger partial charge in [-0.2, -0.15) is 0 Å². The van der Waals surface area contributed by atoms with Gasteiger partial charge in [-0.25, -0.2) is 8.42 Å². The summed E-state index contributed by atoms with van der Waals surface area (Å²) in [5.74, 6) is -0.971. The highest BCUT2D eigenvalue weighted by atomic mass is 35.5. The summed E-state index contributed by atoms with van der Waals surface area (Å²) in [7, 11) is -4.26. The summed E-state index contributed by atoms with van der Waals surface area (Å²) in [5.41, 5.74) is 1.60. The molecule has 0 saturated carbocycles. The maximum Gasteiger partial charge on any atom is 0.264 e. The van der Waals surface area contributed by atoms with Crippen molar-refractivity contribution < 1.29 is 18.0 Å². The number of hydrogen-bond donors (Lipinski definition) is 1. The highest BCUT2D eigenvalue weighted by Crippen LogP contribution is 2.35. The van der Waals surface area contributed by atoms with Crippen molar-refractivity contribution >= 4 is 62.3 Å². The zero-order valence-corrected chi connectivity index (χ0v) is 24.9. The summed E-state index contributed by atoms with van der Waals surface area (Å²) in [4.78, 5) is 28.1. The smallest absolute Gasteiger partial charge is 0.264 e. The molecule has 0 aliphatic carbocycles. The number of aryl methyl sites for hydroxylation is 1. The Morgan fingerprint density at radius 3 is 2.28 bits per heavy atom. The molecular weight excluding hydrogens is 581 g/mol. The van der Waals surface area contributed by atoms with Crippen molar-refractivity contribution in [2.75, 3.05) is 17.4 Å². The van der Waals surface area contributed by atoms with Gasteiger partial charge < -0.3 is 10.2 Å². The topological polar surface area (TPSA) is 86.8 Å². The van der Waals surface area contributed by atoms with E-state index in [9.17, 15) is 18.0 Å². The molecule has 3 aromatic rings. The summed E-state index contributed by atoms with van der Waals surface area (Å²) < 4.78 is 28.7. The molecule has 11 heteroatoms. The molecule has 0 radical (unpaired) electrons. The Bertz CT molecular complexity index is 1430. The minimum absolute atomic E-state index is 0.0159. The fourth-order valence-corrected chi connectivity index (χ4v) is 5.93. The van der Waals surface area contributed by atoms with Gasteiger partial charge in [0.1, 0.15) is 12.6 Å². The number of nitrogens with one attached hydrogen (secondary N) is 1. The zero-order chi connectivity index (χ0) is 28.7. The third-order valence-corrected chi connectivity index (χ3v) is 8.86. The second-order valence-corrected chi connectivity index (χ2v) is 12.1. The molecule has 0 heterocycles. The highest BCUT2D eigenvalue weighted by Gasteiger charge is 2.33. The van der Waals surface area contributed by atoms with E-state index < -0.39 is 28.5 Å². The van der Waals surface area contributed by atoms with Gasteiger partial charge >= 0.3 is 0 Å². The highest BCUT2D eigenvalue weighted by molar-refractivity contribution is 7.92. The lowest BCUT2D eigenvalue weighted by Crippen LogP contribution is -2.51. The second kappa shape index (κ2) is 13.5. The number of sulfonamides is 1. The molecular formula is C28H30Cl3N3O4S. The van der Waals surface area contributed by atoms with Crippen molar-refractivity contribution in [1.29, 1.82) is 0 Å². The molecule has 0 aromatic heterocycles. The largest absolute Gasteiger partial charge is 0.354 e. The molecule has 3 aromatic carbocycles. The minimum atomic E-state index is -4.26. The van der Waals surface area contributed by atoms with Crippen LogP contribution in [0.3, 0.4) is 0 Å². The number of carbonyl (C=O) groups excluding carboxylic acids is 2. The van der Waals surface area contributed by atoms with Gasteiger partial charge in [0.25, 0.3) is 10.0 Å². The number of hydrogen-bond acceptors (Lipinski definition) is 4. The molecule has 2 amide bonds. The Morgan fingerprint density at radius 2 is 1.64 bits per heavy atom. The van der Waals surface area contributed by atoms with E-state index in [1.165, 1.54) is 29.2 Å². The van der Waals surface area contributed by atoms with Gasteiger partial charge in [0.2, 0.25) is 11.8 Å². The van der Waals surface area contributed by atoms with Crippen molar-refractivity contribution in [3.63, 3.8) is 0 Å². The molecule has 1 atom stereocenters. The van der Waals surface area contributed by atoms with E-state index in [1.807, 2.05) is 13.8 Å². The van der Waals surface area contributed by atoms with Crippen molar-refractivity contribution in [3.8, 4) is 0 Å². The number of nitrogens with zero attached hydrogens (tertiary/aromatic N) is 2. The second-order valence-electron chi connectivity index (χ2n) is 9.02. The number of benzene rings is 3. The van der Waals surface area contributed by atoms with Crippen LogP contribution < -0.4 is 9.62 Å². The molecule has 0 saturated heterocycles. The lowest BCUT2D eigenvalue weighted by molar-refractivity contribution is -0.139. The molecule has 0 unspecified atom stereocenters. The molecule has 0 aliphatic rings. The standard InChI is InChI=1S/C28H30Cl3N3O4S/c1-4-15-32-28(36)20(3)33(17-21-7-5-8-22(29)16-21)26(35)18-34(25-10-6-9-24(30)27(25)31)39(37,38)23-13-11-19(2)12-14-23/h5-14,16,20H,4,15,17-18H2,1-3H3,(H,32,36)/t20-/m0/s1. The van der Waals surface area contributed by atoms with Crippen LogP contribution in [0.15, 0.2) is 71.6 Å². The van der Waals surface area contributed by atoms with E-state index in [2.05, 4.69) is 5.32 Å². The van der Waals surface area contributed by atoms with Crippen molar-refractivity contribution in [2.45, 2.75) is 44.7 Å². The van der Waals surface area contributed by atoms with Gasteiger partial charge in [-0.05, 0) is 62.2 Å². The normalized spacial score (nSPS) is 12.1. The molecule has 0 aliphatic heterocycles. The Labute approximate surface area is 244 Å². The predicted octanol–water partition coefficient (Wildman–Crippen LogP) is 6.09. The summed E-state index contributed by atoms with van der Waals surface area (Å²) >= 11 is 18.8. The Kier molecular flexibility index (Phi) is 10.7. The van der Waals surface area contributed by atoms with E-state index >= 15 is 0 Å².